The first-order chi connectivity index (χ1) is 15.0. The molecule has 4 rings (SSSR count). The number of aromatic nitrogens is 4. The minimum Gasteiger partial charge on any atom is -0.332 e. The lowest BCUT2D eigenvalue weighted by molar-refractivity contribution is -0.117. The van der Waals surface area contributed by atoms with Crippen LogP contribution in [0.5, 0.6) is 0 Å². The Morgan fingerprint density at radius 2 is 1.97 bits per heavy atom. The monoisotopic (exact) mass is 419 g/mol. The summed E-state index contributed by atoms with van der Waals surface area (Å²) in [5, 5.41) is 10.7. The van der Waals surface area contributed by atoms with Gasteiger partial charge in [0.15, 0.2) is 0 Å². The molecule has 156 valence electrons. The average Bonchev–Trinajstić information content (AvgIpc) is 3.26. The third-order valence-corrected chi connectivity index (χ3v) is 4.51. The largest absolute Gasteiger partial charge is 0.332 e. The maximum Gasteiger partial charge on any atom is 0.278 e. The van der Waals surface area contributed by atoms with Crippen LogP contribution in [0.15, 0.2) is 70.0 Å². The zero-order valence-corrected chi connectivity index (χ0v) is 16.6. The van der Waals surface area contributed by atoms with E-state index in [9.17, 15) is 14.0 Å². The van der Waals surface area contributed by atoms with E-state index in [2.05, 4.69) is 20.6 Å². The van der Waals surface area contributed by atoms with E-state index in [4.69, 9.17) is 4.52 Å². The zero-order chi connectivity index (χ0) is 21.8. The molecule has 4 aromatic rings. The molecule has 0 spiro atoms. The Hall–Kier alpha value is -4.14. The van der Waals surface area contributed by atoms with Gasteiger partial charge in [0.05, 0.1) is 0 Å². The molecule has 0 bridgehead atoms. The molecule has 2 heterocycles. The number of anilines is 1. The Morgan fingerprint density at radius 1 is 1.13 bits per heavy atom. The van der Waals surface area contributed by atoms with E-state index in [0.717, 1.165) is 16.7 Å². The summed E-state index contributed by atoms with van der Waals surface area (Å²) in [7, 11) is 0. The third-order valence-electron chi connectivity index (χ3n) is 4.51. The van der Waals surface area contributed by atoms with Gasteiger partial charge in [0.2, 0.25) is 11.7 Å². The van der Waals surface area contributed by atoms with Gasteiger partial charge in [-0.3, -0.25) is 9.59 Å². The molecule has 31 heavy (non-hydrogen) atoms. The fourth-order valence-corrected chi connectivity index (χ4v) is 2.95. The highest BCUT2D eigenvalue weighted by Gasteiger charge is 2.15. The Balaban J connectivity index is 1.53. The minimum atomic E-state index is -0.453. The van der Waals surface area contributed by atoms with Crippen molar-refractivity contribution in [1.82, 2.24) is 19.9 Å². The number of benzene rings is 2. The molecule has 0 aliphatic heterocycles. The zero-order valence-electron chi connectivity index (χ0n) is 16.6. The van der Waals surface area contributed by atoms with Crippen LogP contribution in [0.4, 0.5) is 10.1 Å². The molecule has 0 saturated heterocycles. The van der Waals surface area contributed by atoms with Crippen LogP contribution in [0.2, 0.25) is 0 Å². The van der Waals surface area contributed by atoms with Crippen LogP contribution in [-0.2, 0) is 17.8 Å². The quantitative estimate of drug-likeness (QED) is 0.514. The van der Waals surface area contributed by atoms with Gasteiger partial charge in [-0.2, -0.15) is 10.1 Å². The van der Waals surface area contributed by atoms with Crippen molar-refractivity contribution in [2.75, 3.05) is 5.32 Å². The molecular weight excluding hydrogens is 401 g/mol. The van der Waals surface area contributed by atoms with Crippen molar-refractivity contribution in [3.63, 3.8) is 0 Å². The van der Waals surface area contributed by atoms with Gasteiger partial charge in [0.25, 0.3) is 11.4 Å². The molecule has 1 N–H and O–H groups in total. The van der Waals surface area contributed by atoms with Crippen LogP contribution in [0.25, 0.3) is 23.0 Å². The van der Waals surface area contributed by atoms with Crippen molar-refractivity contribution >= 4 is 11.6 Å². The highest BCUT2D eigenvalue weighted by atomic mass is 19.1. The summed E-state index contributed by atoms with van der Waals surface area (Å²) in [6, 6.07) is 15.9. The van der Waals surface area contributed by atoms with Crippen LogP contribution in [0, 0.1) is 5.82 Å². The summed E-state index contributed by atoms with van der Waals surface area (Å²) >= 11 is 0. The van der Waals surface area contributed by atoms with Crippen molar-refractivity contribution in [2.24, 2.45) is 0 Å². The Bertz CT molecular complexity index is 1300. The number of aryl methyl sites for hydroxylation is 1. The summed E-state index contributed by atoms with van der Waals surface area (Å²) < 4.78 is 19.6. The molecule has 0 aliphatic carbocycles. The summed E-state index contributed by atoms with van der Waals surface area (Å²) in [5.74, 6) is -0.594. The molecule has 0 saturated carbocycles. The topological polar surface area (TPSA) is 103 Å². The first-order valence-corrected chi connectivity index (χ1v) is 9.59. The third kappa shape index (κ3) is 4.72. The van der Waals surface area contributed by atoms with Crippen LogP contribution in [0.1, 0.15) is 12.5 Å². The molecule has 0 unspecified atom stereocenters. The first kappa shape index (κ1) is 20.1. The van der Waals surface area contributed by atoms with E-state index >= 15 is 0 Å². The molecular formula is C22H18FN5O3. The Kier molecular flexibility index (Phi) is 5.65. The predicted molar refractivity (Wildman–Crippen MR) is 112 cm³/mol. The smallest absolute Gasteiger partial charge is 0.278 e. The van der Waals surface area contributed by atoms with Gasteiger partial charge in [-0.1, -0.05) is 36.3 Å². The average molecular weight is 419 g/mol. The minimum absolute atomic E-state index is 0.0454. The summed E-state index contributed by atoms with van der Waals surface area (Å²) in [5.41, 5.74) is 1.93. The number of rotatable bonds is 6. The van der Waals surface area contributed by atoms with Crippen molar-refractivity contribution in [2.45, 2.75) is 19.9 Å². The van der Waals surface area contributed by atoms with E-state index in [1.807, 2.05) is 25.1 Å². The molecule has 8 nitrogen and oxygen atoms in total. The summed E-state index contributed by atoms with van der Waals surface area (Å²) in [6.07, 6.45) is 0.842. The normalized spacial score (nSPS) is 10.8. The SMILES string of the molecule is CCc1cccc(NC(=O)Cn2nc(-c3nc(-c4cccc(F)c4)no3)ccc2=O)c1. The second-order valence-electron chi connectivity index (χ2n) is 6.75. The standard InChI is InChI=1S/C22H18FN5O3/c1-2-14-5-3-8-17(11-14)24-19(29)13-28-20(30)10-9-18(26-28)22-25-21(27-31-22)15-6-4-7-16(23)12-15/h3-12H,2,13H2,1H3,(H,24,29). The Morgan fingerprint density at radius 3 is 2.77 bits per heavy atom. The number of amides is 1. The maximum atomic E-state index is 13.4. The number of carbonyl (C=O) groups excluding carboxylic acids is 1. The lowest BCUT2D eigenvalue weighted by Gasteiger charge is -2.08. The second kappa shape index (κ2) is 8.70. The van der Waals surface area contributed by atoms with E-state index in [-0.39, 0.29) is 24.0 Å². The summed E-state index contributed by atoms with van der Waals surface area (Å²) in [6.45, 7) is 1.74. The van der Waals surface area contributed by atoms with Crippen LogP contribution in [-0.4, -0.2) is 25.8 Å². The fraction of sp³-hybridized carbons (Fsp3) is 0.136. The van der Waals surface area contributed by atoms with Crippen molar-refractivity contribution < 1.29 is 13.7 Å². The van der Waals surface area contributed by atoms with Crippen molar-refractivity contribution in [3.05, 3.63) is 82.4 Å². The second-order valence-corrected chi connectivity index (χ2v) is 6.75. The van der Waals surface area contributed by atoms with E-state index in [0.29, 0.717) is 11.3 Å². The number of halogens is 1. The van der Waals surface area contributed by atoms with Crippen LogP contribution < -0.4 is 10.9 Å². The highest BCUT2D eigenvalue weighted by molar-refractivity contribution is 5.90. The van der Waals surface area contributed by atoms with Gasteiger partial charge in [-0.05, 0) is 42.3 Å². The van der Waals surface area contributed by atoms with Crippen molar-refractivity contribution in [1.29, 1.82) is 0 Å². The summed E-state index contributed by atoms with van der Waals surface area (Å²) in [4.78, 5) is 28.8. The van der Waals surface area contributed by atoms with Gasteiger partial charge in [-0.15, -0.1) is 0 Å². The maximum absolute atomic E-state index is 13.4. The highest BCUT2D eigenvalue weighted by Crippen LogP contribution is 2.20. The van der Waals surface area contributed by atoms with Crippen molar-refractivity contribution in [3.8, 4) is 23.0 Å². The van der Waals surface area contributed by atoms with Crippen LogP contribution in [0.3, 0.4) is 0 Å². The lowest BCUT2D eigenvalue weighted by atomic mass is 10.1. The van der Waals surface area contributed by atoms with Gasteiger partial charge in [-0.25, -0.2) is 9.07 Å². The predicted octanol–water partition coefficient (Wildman–Crippen LogP) is 3.30. The molecule has 2 aromatic carbocycles. The number of carbonyl (C=O) groups is 1. The molecule has 0 radical (unpaired) electrons. The van der Waals surface area contributed by atoms with Crippen LogP contribution >= 0.6 is 0 Å². The van der Waals surface area contributed by atoms with Gasteiger partial charge in [0, 0.05) is 17.3 Å². The van der Waals surface area contributed by atoms with E-state index in [1.54, 1.807) is 12.1 Å². The first-order valence-electron chi connectivity index (χ1n) is 9.59. The molecule has 0 fully saturated rings. The van der Waals surface area contributed by atoms with Gasteiger partial charge >= 0.3 is 0 Å². The number of nitrogens with one attached hydrogen (secondary N) is 1. The Labute approximate surface area is 176 Å². The fourth-order valence-electron chi connectivity index (χ4n) is 2.95. The number of nitrogens with zero attached hydrogens (tertiary/aromatic N) is 4. The number of hydrogen-bond acceptors (Lipinski definition) is 6. The molecule has 9 heteroatoms. The number of hydrogen-bond donors (Lipinski definition) is 1. The lowest BCUT2D eigenvalue weighted by Crippen LogP contribution is -2.29. The van der Waals surface area contributed by atoms with Gasteiger partial charge < -0.3 is 9.84 Å². The molecule has 2 aromatic heterocycles. The molecule has 0 aliphatic rings. The molecule has 1 amide bonds. The molecule has 0 atom stereocenters. The van der Waals surface area contributed by atoms with E-state index < -0.39 is 17.3 Å². The van der Waals surface area contributed by atoms with E-state index in [1.165, 1.54) is 30.3 Å². The van der Waals surface area contributed by atoms with Gasteiger partial charge in [0.1, 0.15) is 18.1 Å².